The Kier molecular flexibility index (Phi) is 5.38. The molecule has 1 aliphatic rings. The van der Waals surface area contributed by atoms with Gasteiger partial charge in [0.2, 0.25) is 0 Å². The molecule has 0 saturated heterocycles. The van der Waals surface area contributed by atoms with Crippen molar-refractivity contribution < 1.29 is 0 Å². The smallest absolute Gasteiger partial charge is 0.0419 e. The fourth-order valence-electron chi connectivity index (χ4n) is 3.75. The van der Waals surface area contributed by atoms with E-state index in [0.717, 1.165) is 30.7 Å². The summed E-state index contributed by atoms with van der Waals surface area (Å²) < 4.78 is 0. The molecule has 0 aliphatic heterocycles. The molecule has 1 heterocycles. The van der Waals surface area contributed by atoms with E-state index in [2.05, 4.69) is 43.2 Å². The van der Waals surface area contributed by atoms with Crippen LogP contribution in [0, 0.1) is 17.8 Å². The normalized spacial score (nSPS) is 29.1. The van der Waals surface area contributed by atoms with Gasteiger partial charge in [0.25, 0.3) is 0 Å². The summed E-state index contributed by atoms with van der Waals surface area (Å²) in [6, 6.07) is 6.83. The van der Waals surface area contributed by atoms with Gasteiger partial charge in [0, 0.05) is 24.4 Å². The van der Waals surface area contributed by atoms with Crippen molar-refractivity contribution in [2.24, 2.45) is 17.8 Å². The average molecular weight is 260 g/mol. The zero-order valence-corrected chi connectivity index (χ0v) is 12.6. The molecule has 0 radical (unpaired) electrons. The number of likely N-dealkylation sites (N-methyl/N-ethyl adjacent to an activating group) is 1. The fraction of sp³-hybridized carbons (Fsp3) is 0.706. The average Bonchev–Trinajstić information content (AvgIpc) is 2.38. The first kappa shape index (κ1) is 14.5. The van der Waals surface area contributed by atoms with E-state index in [1.807, 2.05) is 12.3 Å². The van der Waals surface area contributed by atoms with Crippen LogP contribution >= 0.6 is 0 Å². The summed E-state index contributed by atoms with van der Waals surface area (Å²) in [5, 5.41) is 3.70. The van der Waals surface area contributed by atoms with Gasteiger partial charge in [-0.25, -0.2) is 0 Å². The second kappa shape index (κ2) is 7.04. The molecule has 3 atom stereocenters. The van der Waals surface area contributed by atoms with E-state index in [9.17, 15) is 0 Å². The van der Waals surface area contributed by atoms with Gasteiger partial charge in [-0.3, -0.25) is 4.98 Å². The van der Waals surface area contributed by atoms with E-state index in [-0.39, 0.29) is 0 Å². The van der Waals surface area contributed by atoms with Crippen LogP contribution in [-0.4, -0.2) is 17.6 Å². The van der Waals surface area contributed by atoms with E-state index < -0.39 is 0 Å². The van der Waals surface area contributed by atoms with Crippen LogP contribution in [0.3, 0.4) is 0 Å². The van der Waals surface area contributed by atoms with E-state index in [1.165, 1.54) is 25.0 Å². The summed E-state index contributed by atoms with van der Waals surface area (Å²) in [5.41, 5.74) is 1.22. The maximum Gasteiger partial charge on any atom is 0.0419 e. The zero-order chi connectivity index (χ0) is 13.7. The molecule has 2 nitrogen and oxygen atoms in total. The lowest BCUT2D eigenvalue weighted by atomic mass is 9.73. The molecular weight excluding hydrogens is 232 g/mol. The van der Waals surface area contributed by atoms with Crippen molar-refractivity contribution in [2.75, 3.05) is 6.54 Å². The molecule has 0 spiro atoms. The van der Waals surface area contributed by atoms with Crippen molar-refractivity contribution in [3.8, 4) is 0 Å². The lowest BCUT2D eigenvalue weighted by Crippen LogP contribution is -2.41. The Morgan fingerprint density at radius 1 is 1.21 bits per heavy atom. The first-order valence-electron chi connectivity index (χ1n) is 7.82. The van der Waals surface area contributed by atoms with Crippen molar-refractivity contribution in [3.63, 3.8) is 0 Å². The minimum atomic E-state index is 0.588. The summed E-state index contributed by atoms with van der Waals surface area (Å²) in [6.07, 6.45) is 7.12. The maximum atomic E-state index is 4.49. The Hall–Kier alpha value is -0.890. The Bertz CT molecular complexity index is 353. The molecule has 106 valence electrons. The number of pyridine rings is 1. The topological polar surface area (TPSA) is 24.9 Å². The lowest BCUT2D eigenvalue weighted by Gasteiger charge is -2.37. The Labute approximate surface area is 118 Å². The summed E-state index contributed by atoms with van der Waals surface area (Å²) in [4.78, 5) is 4.49. The van der Waals surface area contributed by atoms with Crippen LogP contribution in [-0.2, 0) is 6.42 Å². The minimum Gasteiger partial charge on any atom is -0.314 e. The summed E-state index contributed by atoms with van der Waals surface area (Å²) in [6.45, 7) is 8.08. The zero-order valence-electron chi connectivity index (χ0n) is 12.6. The third-order valence-corrected chi connectivity index (χ3v) is 4.41. The molecule has 19 heavy (non-hydrogen) atoms. The molecule has 2 heteroatoms. The molecule has 2 rings (SSSR count). The molecule has 1 saturated carbocycles. The highest BCUT2D eigenvalue weighted by molar-refractivity contribution is 5.06. The van der Waals surface area contributed by atoms with E-state index in [4.69, 9.17) is 0 Å². The van der Waals surface area contributed by atoms with Crippen LogP contribution in [0.4, 0.5) is 0 Å². The Morgan fingerprint density at radius 3 is 2.53 bits per heavy atom. The van der Waals surface area contributed by atoms with E-state index in [1.54, 1.807) is 0 Å². The largest absolute Gasteiger partial charge is 0.314 e. The first-order valence-corrected chi connectivity index (χ1v) is 7.82. The molecule has 1 aliphatic carbocycles. The van der Waals surface area contributed by atoms with Gasteiger partial charge < -0.3 is 5.32 Å². The molecule has 0 aromatic carbocycles. The maximum absolute atomic E-state index is 4.49. The monoisotopic (exact) mass is 260 g/mol. The molecule has 1 aromatic heterocycles. The highest BCUT2D eigenvalue weighted by Gasteiger charge is 2.29. The fourth-order valence-corrected chi connectivity index (χ4v) is 3.75. The molecule has 3 unspecified atom stereocenters. The summed E-state index contributed by atoms with van der Waals surface area (Å²) in [5.74, 6) is 2.55. The van der Waals surface area contributed by atoms with Crippen molar-refractivity contribution >= 4 is 0 Å². The van der Waals surface area contributed by atoms with Crippen LogP contribution < -0.4 is 5.32 Å². The van der Waals surface area contributed by atoms with Gasteiger partial charge in [0.1, 0.15) is 0 Å². The third-order valence-electron chi connectivity index (χ3n) is 4.41. The molecule has 1 aromatic rings. The lowest BCUT2D eigenvalue weighted by molar-refractivity contribution is 0.176. The van der Waals surface area contributed by atoms with Crippen LogP contribution in [0.25, 0.3) is 0 Å². The molecule has 0 amide bonds. The predicted octanol–water partition coefficient (Wildman–Crippen LogP) is 3.67. The Balaban J connectivity index is 2.02. The van der Waals surface area contributed by atoms with Gasteiger partial charge in [-0.15, -0.1) is 0 Å². The number of nitrogens with zero attached hydrogens (tertiary/aromatic N) is 1. The van der Waals surface area contributed by atoms with E-state index in [0.29, 0.717) is 6.04 Å². The third kappa shape index (κ3) is 4.31. The van der Waals surface area contributed by atoms with Gasteiger partial charge in [-0.2, -0.15) is 0 Å². The number of nitrogens with one attached hydrogen (secondary N) is 1. The second-order valence-electron chi connectivity index (χ2n) is 6.37. The minimum absolute atomic E-state index is 0.588. The van der Waals surface area contributed by atoms with Gasteiger partial charge in [-0.1, -0.05) is 26.8 Å². The van der Waals surface area contributed by atoms with Gasteiger partial charge in [0.15, 0.2) is 0 Å². The van der Waals surface area contributed by atoms with Gasteiger partial charge in [-0.05, 0) is 55.7 Å². The van der Waals surface area contributed by atoms with Crippen LogP contribution in [0.2, 0.25) is 0 Å². The molecule has 1 fully saturated rings. The van der Waals surface area contributed by atoms with Crippen molar-refractivity contribution in [2.45, 2.75) is 52.5 Å². The van der Waals surface area contributed by atoms with Crippen LogP contribution in [0.15, 0.2) is 24.4 Å². The number of hydrogen-bond donors (Lipinski definition) is 1. The standard InChI is InChI=1S/C17H28N2/c1-4-18-17(12-16-7-5-6-8-19-16)15-10-13(2)9-14(3)11-15/h5-8,13-15,17-18H,4,9-12H2,1-3H3. The van der Waals surface area contributed by atoms with E-state index >= 15 is 0 Å². The van der Waals surface area contributed by atoms with Crippen LogP contribution in [0.1, 0.15) is 45.7 Å². The first-order chi connectivity index (χ1) is 9.19. The number of hydrogen-bond acceptors (Lipinski definition) is 2. The van der Waals surface area contributed by atoms with Crippen molar-refractivity contribution in [3.05, 3.63) is 30.1 Å². The number of aromatic nitrogens is 1. The molecular formula is C17H28N2. The van der Waals surface area contributed by atoms with Gasteiger partial charge in [0.05, 0.1) is 0 Å². The van der Waals surface area contributed by atoms with Crippen LogP contribution in [0.5, 0.6) is 0 Å². The summed E-state index contributed by atoms with van der Waals surface area (Å²) in [7, 11) is 0. The predicted molar refractivity (Wildman–Crippen MR) is 81.1 cm³/mol. The number of rotatable bonds is 5. The molecule has 1 N–H and O–H groups in total. The van der Waals surface area contributed by atoms with Crippen molar-refractivity contribution in [1.29, 1.82) is 0 Å². The van der Waals surface area contributed by atoms with Crippen molar-refractivity contribution in [1.82, 2.24) is 10.3 Å². The highest BCUT2D eigenvalue weighted by Crippen LogP contribution is 2.35. The highest BCUT2D eigenvalue weighted by atomic mass is 14.9. The second-order valence-corrected chi connectivity index (χ2v) is 6.37. The quantitative estimate of drug-likeness (QED) is 0.873. The SMILES string of the molecule is CCNC(Cc1ccccn1)C1CC(C)CC(C)C1. The molecule has 0 bridgehead atoms. The Morgan fingerprint density at radius 2 is 1.95 bits per heavy atom. The van der Waals surface area contributed by atoms with Gasteiger partial charge >= 0.3 is 0 Å². The summed E-state index contributed by atoms with van der Waals surface area (Å²) >= 11 is 0.